The van der Waals surface area contributed by atoms with Crippen molar-refractivity contribution in [1.82, 2.24) is 0 Å². The summed E-state index contributed by atoms with van der Waals surface area (Å²) in [5.74, 6) is 0. The summed E-state index contributed by atoms with van der Waals surface area (Å²) in [5.41, 5.74) is -0.472. The van der Waals surface area contributed by atoms with E-state index in [4.69, 9.17) is 0 Å². The molecule has 0 amide bonds. The normalized spacial score (nSPS) is 13.3. The van der Waals surface area contributed by atoms with Gasteiger partial charge in [0.25, 0.3) is 0 Å². The zero-order valence-electron chi connectivity index (χ0n) is 16.7. The first-order valence-corrected chi connectivity index (χ1v) is 13.1. The molecule has 1 rings (SSSR count). The van der Waals surface area contributed by atoms with Gasteiger partial charge in [0.1, 0.15) is 0 Å². The van der Waals surface area contributed by atoms with Gasteiger partial charge >= 0.3 is 155 Å². The number of rotatable bonds is 14. The molecule has 0 atom stereocenters. The predicted molar refractivity (Wildman–Crippen MR) is 114 cm³/mol. The third-order valence-corrected chi connectivity index (χ3v) is 12.7. The second-order valence-corrected chi connectivity index (χ2v) is 13.3. The van der Waals surface area contributed by atoms with Crippen molar-refractivity contribution in [2.45, 2.75) is 78.6 Å². The molecule has 0 aliphatic heterocycles. The van der Waals surface area contributed by atoms with Crippen molar-refractivity contribution in [3.8, 4) is 0 Å². The van der Waals surface area contributed by atoms with Crippen LogP contribution in [0, 0.1) is 0 Å². The molecule has 144 valence electrons. The van der Waals surface area contributed by atoms with E-state index in [0.717, 1.165) is 81.6 Å². The number of carbonyl (C=O) groups is 1. The van der Waals surface area contributed by atoms with Crippen molar-refractivity contribution < 1.29 is 9.90 Å². The quantitative estimate of drug-likeness (QED) is 0.281. The summed E-state index contributed by atoms with van der Waals surface area (Å²) in [6.07, 6.45) is 12.7. The van der Waals surface area contributed by atoms with Crippen LogP contribution < -0.4 is 5.30 Å². The molecule has 0 aliphatic rings. The second kappa shape index (κ2) is 11.0. The average Bonchev–Trinajstić information content (AvgIpc) is 2.62. The summed E-state index contributed by atoms with van der Waals surface area (Å²) in [6, 6.07) is 10.3. The van der Waals surface area contributed by atoms with Crippen LogP contribution in [-0.2, 0) is 0 Å². The van der Waals surface area contributed by atoms with Gasteiger partial charge in [0.2, 0.25) is 0 Å². The van der Waals surface area contributed by atoms with Gasteiger partial charge in [-0.05, 0) is 0 Å². The van der Waals surface area contributed by atoms with Crippen molar-refractivity contribution in [1.29, 1.82) is 0 Å². The molecule has 0 bridgehead atoms. The first-order valence-electron chi connectivity index (χ1n) is 10.4. The van der Waals surface area contributed by atoms with E-state index in [9.17, 15) is 9.90 Å². The fourth-order valence-electron chi connectivity index (χ4n) is 4.17. The molecule has 0 saturated carbocycles. The van der Waals surface area contributed by atoms with Crippen LogP contribution in [0.5, 0.6) is 0 Å². The molecule has 25 heavy (non-hydrogen) atoms. The Morgan fingerprint density at radius 3 is 1.48 bits per heavy atom. The van der Waals surface area contributed by atoms with E-state index in [1.807, 2.05) is 18.2 Å². The van der Waals surface area contributed by atoms with Gasteiger partial charge in [-0.1, -0.05) is 0 Å². The van der Waals surface area contributed by atoms with Gasteiger partial charge in [-0.3, -0.25) is 0 Å². The maximum absolute atomic E-state index is 13.0. The number of carboxylic acid groups (broad SMARTS) is 1. The van der Waals surface area contributed by atoms with E-state index >= 15 is 0 Å². The Kier molecular flexibility index (Phi) is 9.72. The Morgan fingerprint density at radius 1 is 0.760 bits per heavy atom. The van der Waals surface area contributed by atoms with Gasteiger partial charge in [0.15, 0.2) is 0 Å². The number of hydrogen-bond acceptors (Lipinski definition) is 1. The summed E-state index contributed by atoms with van der Waals surface area (Å²) < 4.78 is 0. The first kappa shape index (κ1) is 22.2. The summed E-state index contributed by atoms with van der Waals surface area (Å²) in [4.78, 5) is 13.0. The molecule has 1 aromatic rings. The molecule has 0 heterocycles. The second-order valence-electron chi connectivity index (χ2n) is 7.64. The number of unbranched alkanes of at least 4 members (excludes halogenated alkanes) is 6. The Labute approximate surface area is 155 Å². The van der Waals surface area contributed by atoms with Gasteiger partial charge in [0, 0.05) is 0 Å². The van der Waals surface area contributed by atoms with Crippen LogP contribution in [0.1, 0.15) is 78.6 Å². The van der Waals surface area contributed by atoms with E-state index in [1.54, 1.807) is 0 Å². The van der Waals surface area contributed by atoms with Gasteiger partial charge in [-0.15, -0.1) is 0 Å². The summed E-state index contributed by atoms with van der Waals surface area (Å²) in [5, 5.41) is 11.8. The van der Waals surface area contributed by atoms with E-state index in [-0.39, 0.29) is 0 Å². The SMILES string of the molecule is CCCCCP(CCCCC)(CCCCC)(C(=O)O)c1ccccc1. The molecule has 0 saturated heterocycles. The fraction of sp³-hybridized carbons (Fsp3) is 0.682. The predicted octanol–water partition coefficient (Wildman–Crippen LogP) is 7.11. The van der Waals surface area contributed by atoms with Crippen molar-refractivity contribution >= 4 is 17.6 Å². The van der Waals surface area contributed by atoms with Crippen LogP contribution in [0.25, 0.3) is 0 Å². The first-order chi connectivity index (χ1) is 12.1. The van der Waals surface area contributed by atoms with Crippen molar-refractivity contribution in [2.24, 2.45) is 0 Å². The van der Waals surface area contributed by atoms with Crippen LogP contribution in [0.15, 0.2) is 30.3 Å². The maximum atomic E-state index is 13.0. The van der Waals surface area contributed by atoms with E-state index in [2.05, 4.69) is 32.9 Å². The van der Waals surface area contributed by atoms with Gasteiger partial charge < -0.3 is 0 Å². The zero-order chi connectivity index (χ0) is 18.6. The van der Waals surface area contributed by atoms with Crippen molar-refractivity contribution in [3.63, 3.8) is 0 Å². The average molecular weight is 367 g/mol. The van der Waals surface area contributed by atoms with E-state index < -0.39 is 12.3 Å². The Morgan fingerprint density at radius 2 is 1.16 bits per heavy atom. The van der Waals surface area contributed by atoms with Crippen LogP contribution >= 0.6 is 6.60 Å². The minimum atomic E-state index is -3.00. The monoisotopic (exact) mass is 366 g/mol. The molecule has 2 nitrogen and oxygen atoms in total. The molecular weight excluding hydrogens is 327 g/mol. The summed E-state index contributed by atoms with van der Waals surface area (Å²) in [7, 11) is 0. The molecule has 0 radical (unpaired) electrons. The molecule has 0 spiro atoms. The van der Waals surface area contributed by atoms with E-state index in [0.29, 0.717) is 0 Å². The number of benzene rings is 1. The van der Waals surface area contributed by atoms with Gasteiger partial charge in [-0.25, -0.2) is 0 Å². The molecule has 0 aromatic heterocycles. The van der Waals surface area contributed by atoms with Gasteiger partial charge in [-0.2, -0.15) is 0 Å². The van der Waals surface area contributed by atoms with Crippen LogP contribution in [-0.4, -0.2) is 29.3 Å². The minimum absolute atomic E-state index is 0.472. The molecule has 0 fully saturated rings. The Hall–Kier alpha value is -0.880. The molecule has 0 unspecified atom stereocenters. The summed E-state index contributed by atoms with van der Waals surface area (Å²) in [6.45, 7) is 3.61. The van der Waals surface area contributed by atoms with Crippen molar-refractivity contribution in [2.75, 3.05) is 18.5 Å². The summed E-state index contributed by atoms with van der Waals surface area (Å²) >= 11 is 0. The molecule has 3 heteroatoms. The third-order valence-electron chi connectivity index (χ3n) is 5.84. The van der Waals surface area contributed by atoms with Crippen LogP contribution in [0.2, 0.25) is 0 Å². The van der Waals surface area contributed by atoms with Crippen molar-refractivity contribution in [3.05, 3.63) is 30.3 Å². The van der Waals surface area contributed by atoms with Gasteiger partial charge in [0.05, 0.1) is 0 Å². The molecular formula is C22H39O2P. The number of hydrogen-bond donors (Lipinski definition) is 1. The topological polar surface area (TPSA) is 37.3 Å². The van der Waals surface area contributed by atoms with Crippen LogP contribution in [0.4, 0.5) is 4.79 Å². The molecule has 1 aromatic carbocycles. The zero-order valence-corrected chi connectivity index (χ0v) is 17.6. The Balaban J connectivity index is 3.38. The Bertz CT molecular complexity index is 469. The molecule has 1 N–H and O–H groups in total. The standard InChI is InChI=1S/C22H39O2P/c1-4-7-13-18-25(22(23)24,19-14-8-5-2,20-15-9-6-3)21-16-11-10-12-17-21/h10-12,16-17H,4-9,13-15,18-20H2,1-3H3,(H,23,24). The van der Waals surface area contributed by atoms with Crippen LogP contribution in [0.3, 0.4) is 0 Å². The molecule has 0 aliphatic carbocycles. The fourth-order valence-corrected chi connectivity index (χ4v) is 10.3. The third kappa shape index (κ3) is 5.30. The van der Waals surface area contributed by atoms with E-state index in [1.165, 1.54) is 0 Å².